The molecule has 1 aromatic rings. The van der Waals surface area contributed by atoms with Crippen molar-refractivity contribution in [1.82, 2.24) is 5.32 Å². The van der Waals surface area contributed by atoms with Gasteiger partial charge in [-0.15, -0.1) is 0 Å². The van der Waals surface area contributed by atoms with Crippen LogP contribution in [0.25, 0.3) is 0 Å². The Morgan fingerprint density at radius 1 is 1.33 bits per heavy atom. The first-order valence-electron chi connectivity index (χ1n) is 4.44. The van der Waals surface area contributed by atoms with Crippen LogP contribution in [0.4, 0.5) is 0 Å². The first-order valence-corrected chi connectivity index (χ1v) is 7.15. The number of rotatable bonds is 4. The lowest BCUT2D eigenvalue weighted by Gasteiger charge is -2.06. The Kier molecular flexibility index (Phi) is 5.86. The topological polar surface area (TPSA) is 29.1 Å². The Hall–Kier alpha value is 0.130. The van der Waals surface area contributed by atoms with Gasteiger partial charge in [0.05, 0.1) is 5.56 Å². The molecule has 0 spiro atoms. The van der Waals surface area contributed by atoms with Crippen LogP contribution < -0.4 is 5.32 Å². The van der Waals surface area contributed by atoms with Crippen molar-refractivity contribution in [1.29, 1.82) is 0 Å². The van der Waals surface area contributed by atoms with E-state index < -0.39 is 0 Å². The summed E-state index contributed by atoms with van der Waals surface area (Å²) in [7, 11) is 0. The maximum atomic E-state index is 11.7. The summed E-state index contributed by atoms with van der Waals surface area (Å²) in [5.74, 6) is -0.0460. The lowest BCUT2D eigenvalue weighted by Crippen LogP contribution is -2.24. The zero-order chi connectivity index (χ0) is 11.3. The molecule has 2 nitrogen and oxygen atoms in total. The van der Waals surface area contributed by atoms with E-state index in [2.05, 4.69) is 53.1 Å². The standard InChI is InChI=1S/C10H10Br3NO/c11-4-1-5-14-10(15)8-3-2-7(12)6-9(8)13/h2-3,6H,1,4-5H2,(H,14,15). The van der Waals surface area contributed by atoms with Gasteiger partial charge >= 0.3 is 0 Å². The Balaban J connectivity index is 2.65. The van der Waals surface area contributed by atoms with E-state index in [4.69, 9.17) is 0 Å². The number of hydrogen-bond donors (Lipinski definition) is 1. The molecule has 0 aliphatic carbocycles. The second-order valence-electron chi connectivity index (χ2n) is 2.92. The van der Waals surface area contributed by atoms with Crippen molar-refractivity contribution < 1.29 is 4.79 Å². The summed E-state index contributed by atoms with van der Waals surface area (Å²) < 4.78 is 1.75. The van der Waals surface area contributed by atoms with Crippen LogP contribution in [0, 0.1) is 0 Å². The second kappa shape index (κ2) is 6.66. The van der Waals surface area contributed by atoms with Gasteiger partial charge in [-0.05, 0) is 40.5 Å². The fraction of sp³-hybridized carbons (Fsp3) is 0.300. The summed E-state index contributed by atoms with van der Waals surface area (Å²) in [6, 6.07) is 5.50. The largest absolute Gasteiger partial charge is 0.352 e. The number of alkyl halides is 1. The van der Waals surface area contributed by atoms with Gasteiger partial charge < -0.3 is 5.32 Å². The van der Waals surface area contributed by atoms with Gasteiger partial charge in [0, 0.05) is 20.8 Å². The Morgan fingerprint density at radius 2 is 2.07 bits per heavy atom. The van der Waals surface area contributed by atoms with Gasteiger partial charge in [0.25, 0.3) is 5.91 Å². The molecule has 0 heterocycles. The molecule has 0 aliphatic rings. The SMILES string of the molecule is O=C(NCCCBr)c1ccc(Br)cc1Br. The van der Waals surface area contributed by atoms with Crippen molar-refractivity contribution in [3.05, 3.63) is 32.7 Å². The number of halogens is 3. The highest BCUT2D eigenvalue weighted by Gasteiger charge is 2.08. The minimum absolute atomic E-state index is 0.0460. The zero-order valence-corrected chi connectivity index (χ0v) is 12.7. The molecule has 0 bridgehead atoms. The molecule has 1 rings (SSSR count). The molecule has 0 saturated carbocycles. The molecule has 0 aromatic heterocycles. The number of nitrogens with one attached hydrogen (secondary N) is 1. The lowest BCUT2D eigenvalue weighted by atomic mass is 10.2. The summed E-state index contributed by atoms with van der Waals surface area (Å²) in [6.45, 7) is 0.687. The van der Waals surface area contributed by atoms with E-state index in [0.717, 1.165) is 20.7 Å². The number of amides is 1. The van der Waals surface area contributed by atoms with E-state index in [1.165, 1.54) is 0 Å². The fourth-order valence-corrected chi connectivity index (χ4v) is 2.55. The molecule has 0 aliphatic heterocycles. The molecule has 0 fully saturated rings. The molecule has 1 amide bonds. The first kappa shape index (κ1) is 13.2. The van der Waals surface area contributed by atoms with E-state index >= 15 is 0 Å². The van der Waals surface area contributed by atoms with E-state index in [0.29, 0.717) is 12.1 Å². The third-order valence-electron chi connectivity index (χ3n) is 1.77. The van der Waals surface area contributed by atoms with Crippen LogP contribution in [0.2, 0.25) is 0 Å². The first-order chi connectivity index (χ1) is 7.15. The second-order valence-corrected chi connectivity index (χ2v) is 5.49. The van der Waals surface area contributed by atoms with Gasteiger partial charge in [-0.2, -0.15) is 0 Å². The van der Waals surface area contributed by atoms with Crippen molar-refractivity contribution in [2.75, 3.05) is 11.9 Å². The van der Waals surface area contributed by atoms with Crippen molar-refractivity contribution in [2.45, 2.75) is 6.42 Å². The van der Waals surface area contributed by atoms with Crippen LogP contribution in [-0.4, -0.2) is 17.8 Å². The number of carbonyl (C=O) groups excluding carboxylic acids is 1. The third kappa shape index (κ3) is 4.25. The zero-order valence-electron chi connectivity index (χ0n) is 7.90. The maximum absolute atomic E-state index is 11.7. The average Bonchev–Trinajstić information content (AvgIpc) is 2.17. The molecule has 1 aromatic carbocycles. The molecule has 0 unspecified atom stereocenters. The molecule has 5 heteroatoms. The minimum atomic E-state index is -0.0460. The quantitative estimate of drug-likeness (QED) is 0.606. The third-order valence-corrected chi connectivity index (χ3v) is 3.48. The number of benzene rings is 1. The van der Waals surface area contributed by atoms with Gasteiger partial charge in [0.2, 0.25) is 0 Å². The Labute approximate surface area is 114 Å². The van der Waals surface area contributed by atoms with E-state index in [9.17, 15) is 4.79 Å². The van der Waals surface area contributed by atoms with Gasteiger partial charge in [-0.25, -0.2) is 0 Å². The van der Waals surface area contributed by atoms with Crippen LogP contribution in [0.3, 0.4) is 0 Å². The van der Waals surface area contributed by atoms with Gasteiger partial charge in [-0.1, -0.05) is 31.9 Å². The molecule has 0 saturated heterocycles. The smallest absolute Gasteiger partial charge is 0.252 e. The van der Waals surface area contributed by atoms with Gasteiger partial charge in [0.15, 0.2) is 0 Å². The van der Waals surface area contributed by atoms with E-state index in [1.54, 1.807) is 6.07 Å². The van der Waals surface area contributed by atoms with Gasteiger partial charge in [0.1, 0.15) is 0 Å². The highest BCUT2D eigenvalue weighted by atomic mass is 79.9. The molecule has 0 atom stereocenters. The van der Waals surface area contributed by atoms with Crippen LogP contribution in [0.15, 0.2) is 27.1 Å². The normalized spacial score (nSPS) is 10.1. The van der Waals surface area contributed by atoms with Crippen LogP contribution in [-0.2, 0) is 0 Å². The van der Waals surface area contributed by atoms with Crippen LogP contribution >= 0.6 is 47.8 Å². The van der Waals surface area contributed by atoms with Crippen LogP contribution in [0.5, 0.6) is 0 Å². The van der Waals surface area contributed by atoms with Crippen molar-refractivity contribution in [3.8, 4) is 0 Å². The fourth-order valence-electron chi connectivity index (χ4n) is 1.04. The molecule has 0 radical (unpaired) electrons. The predicted octanol–water partition coefficient (Wildman–Crippen LogP) is 3.73. The van der Waals surface area contributed by atoms with Crippen LogP contribution in [0.1, 0.15) is 16.8 Å². The Bertz CT molecular complexity index is 355. The molecule has 1 N–H and O–H groups in total. The monoisotopic (exact) mass is 397 g/mol. The summed E-state index contributed by atoms with van der Waals surface area (Å²) in [5.41, 5.74) is 0.660. The van der Waals surface area contributed by atoms with Crippen molar-refractivity contribution in [3.63, 3.8) is 0 Å². The molecular formula is C10H10Br3NO. The highest BCUT2D eigenvalue weighted by Crippen LogP contribution is 2.21. The lowest BCUT2D eigenvalue weighted by molar-refractivity contribution is 0.0953. The molecule has 82 valence electrons. The Morgan fingerprint density at radius 3 is 2.67 bits per heavy atom. The van der Waals surface area contributed by atoms with E-state index in [-0.39, 0.29) is 5.91 Å². The summed E-state index contributed by atoms with van der Waals surface area (Å²) in [5, 5.41) is 3.74. The highest BCUT2D eigenvalue weighted by molar-refractivity contribution is 9.11. The van der Waals surface area contributed by atoms with Gasteiger partial charge in [-0.3, -0.25) is 4.79 Å². The minimum Gasteiger partial charge on any atom is -0.352 e. The number of hydrogen-bond acceptors (Lipinski definition) is 1. The molecule has 15 heavy (non-hydrogen) atoms. The maximum Gasteiger partial charge on any atom is 0.252 e. The van der Waals surface area contributed by atoms with E-state index in [1.807, 2.05) is 12.1 Å². The predicted molar refractivity (Wildman–Crippen MR) is 72.6 cm³/mol. The number of carbonyl (C=O) groups is 1. The summed E-state index contributed by atoms with van der Waals surface area (Å²) in [4.78, 5) is 11.7. The average molecular weight is 400 g/mol. The summed E-state index contributed by atoms with van der Waals surface area (Å²) in [6.07, 6.45) is 0.930. The summed E-state index contributed by atoms with van der Waals surface area (Å²) >= 11 is 10.0. The molecular weight excluding hydrogens is 390 g/mol. The van der Waals surface area contributed by atoms with Crippen molar-refractivity contribution >= 4 is 53.7 Å². The van der Waals surface area contributed by atoms with Crippen molar-refractivity contribution in [2.24, 2.45) is 0 Å².